The second-order valence-corrected chi connectivity index (χ2v) is 6.79. The van der Waals surface area contributed by atoms with Gasteiger partial charge in [0.1, 0.15) is 5.82 Å². The van der Waals surface area contributed by atoms with Gasteiger partial charge in [0.25, 0.3) is 0 Å². The van der Waals surface area contributed by atoms with Crippen molar-refractivity contribution in [2.24, 2.45) is 0 Å². The molecule has 0 spiro atoms. The van der Waals surface area contributed by atoms with Crippen LogP contribution in [0.25, 0.3) is 0 Å². The fourth-order valence-electron chi connectivity index (χ4n) is 2.73. The lowest BCUT2D eigenvalue weighted by molar-refractivity contribution is 0.143. The first-order valence-corrected chi connectivity index (χ1v) is 8.74. The van der Waals surface area contributed by atoms with E-state index in [0.29, 0.717) is 18.8 Å². The van der Waals surface area contributed by atoms with Gasteiger partial charge in [0.2, 0.25) is 0 Å². The average molecular weight is 382 g/mol. The summed E-state index contributed by atoms with van der Waals surface area (Å²) in [7, 11) is 0. The first kappa shape index (κ1) is 18.0. The fourth-order valence-corrected chi connectivity index (χ4v) is 3.04. The van der Waals surface area contributed by atoms with Crippen LogP contribution in [-0.2, 0) is 6.54 Å². The smallest absolute Gasteiger partial charge is 0.321 e. The van der Waals surface area contributed by atoms with Gasteiger partial charge in [-0.25, -0.2) is 9.18 Å². The molecule has 0 bridgehead atoms. The van der Waals surface area contributed by atoms with Gasteiger partial charge in [0, 0.05) is 43.4 Å². The summed E-state index contributed by atoms with van der Waals surface area (Å²) in [6.07, 6.45) is 0. The molecule has 2 amide bonds. The van der Waals surface area contributed by atoms with Crippen LogP contribution in [0.4, 0.5) is 14.9 Å². The number of carbonyl (C=O) groups is 1. The molecule has 7 heteroatoms. The zero-order valence-electron chi connectivity index (χ0n) is 13.5. The van der Waals surface area contributed by atoms with Gasteiger partial charge >= 0.3 is 6.03 Å². The van der Waals surface area contributed by atoms with Gasteiger partial charge in [-0.1, -0.05) is 35.3 Å². The summed E-state index contributed by atoms with van der Waals surface area (Å²) in [5.74, 6) is -0.504. The maximum atomic E-state index is 13.2. The van der Waals surface area contributed by atoms with Crippen molar-refractivity contribution in [1.29, 1.82) is 0 Å². The molecule has 4 nitrogen and oxygen atoms in total. The summed E-state index contributed by atoms with van der Waals surface area (Å²) in [5.41, 5.74) is 1.68. The highest BCUT2D eigenvalue weighted by atomic mass is 35.5. The van der Waals surface area contributed by atoms with Crippen molar-refractivity contribution in [3.05, 3.63) is 63.9 Å². The van der Waals surface area contributed by atoms with E-state index in [4.69, 9.17) is 23.2 Å². The van der Waals surface area contributed by atoms with Crippen LogP contribution in [0.1, 0.15) is 5.56 Å². The molecule has 1 saturated heterocycles. The number of hydrogen-bond donors (Lipinski definition) is 1. The number of piperazine rings is 1. The Morgan fingerprint density at radius 1 is 1.04 bits per heavy atom. The Labute approximate surface area is 156 Å². The highest BCUT2D eigenvalue weighted by molar-refractivity contribution is 6.31. The third kappa shape index (κ3) is 4.84. The summed E-state index contributed by atoms with van der Waals surface area (Å²) in [6.45, 7) is 3.68. The molecule has 2 aromatic rings. The molecule has 1 fully saturated rings. The molecule has 0 unspecified atom stereocenters. The van der Waals surface area contributed by atoms with Gasteiger partial charge in [0.05, 0.1) is 5.02 Å². The van der Waals surface area contributed by atoms with E-state index >= 15 is 0 Å². The summed E-state index contributed by atoms with van der Waals surface area (Å²) in [6, 6.07) is 11.7. The Morgan fingerprint density at radius 2 is 1.72 bits per heavy atom. The highest BCUT2D eigenvalue weighted by Crippen LogP contribution is 2.20. The normalized spacial score (nSPS) is 15.2. The van der Waals surface area contributed by atoms with Crippen LogP contribution in [0.15, 0.2) is 42.5 Å². The number of rotatable bonds is 3. The first-order valence-electron chi connectivity index (χ1n) is 7.99. The lowest BCUT2D eigenvalue weighted by Crippen LogP contribution is -2.49. The van der Waals surface area contributed by atoms with Crippen molar-refractivity contribution < 1.29 is 9.18 Å². The SMILES string of the molecule is O=C(Nc1ccc(F)c(Cl)c1)N1CCN(Cc2ccc(Cl)cc2)CC1. The van der Waals surface area contributed by atoms with E-state index in [1.807, 2.05) is 24.3 Å². The second kappa shape index (κ2) is 8.04. The van der Waals surface area contributed by atoms with Crippen molar-refractivity contribution in [2.45, 2.75) is 6.54 Å². The van der Waals surface area contributed by atoms with Gasteiger partial charge in [-0.15, -0.1) is 0 Å². The van der Waals surface area contributed by atoms with Crippen LogP contribution in [0.5, 0.6) is 0 Å². The fraction of sp³-hybridized carbons (Fsp3) is 0.278. The van der Waals surface area contributed by atoms with E-state index in [1.54, 1.807) is 4.90 Å². The molecule has 1 heterocycles. The van der Waals surface area contributed by atoms with Crippen LogP contribution < -0.4 is 5.32 Å². The van der Waals surface area contributed by atoms with E-state index in [1.165, 1.54) is 23.8 Å². The van der Waals surface area contributed by atoms with Crippen LogP contribution in [0.3, 0.4) is 0 Å². The minimum Gasteiger partial charge on any atom is -0.322 e. The van der Waals surface area contributed by atoms with Gasteiger partial charge < -0.3 is 10.2 Å². The van der Waals surface area contributed by atoms with Gasteiger partial charge in [0.15, 0.2) is 0 Å². The number of amides is 2. The van der Waals surface area contributed by atoms with Crippen LogP contribution in [-0.4, -0.2) is 42.0 Å². The molecule has 1 N–H and O–H groups in total. The average Bonchev–Trinajstić information content (AvgIpc) is 2.61. The molecule has 1 aliphatic heterocycles. The molecule has 0 saturated carbocycles. The predicted octanol–water partition coefficient (Wildman–Crippen LogP) is 4.48. The maximum Gasteiger partial charge on any atom is 0.321 e. The number of nitrogens with one attached hydrogen (secondary N) is 1. The second-order valence-electron chi connectivity index (χ2n) is 5.95. The standard InChI is InChI=1S/C18H18Cl2FN3O/c19-14-3-1-13(2-4-14)12-23-7-9-24(10-8-23)18(25)22-15-5-6-17(21)16(20)11-15/h1-6,11H,7-10,12H2,(H,22,25). The summed E-state index contributed by atoms with van der Waals surface area (Å²) in [5, 5.41) is 3.47. The number of anilines is 1. The maximum absolute atomic E-state index is 13.2. The van der Waals surface area contributed by atoms with E-state index in [-0.39, 0.29) is 11.1 Å². The number of urea groups is 1. The molecule has 0 aromatic heterocycles. The summed E-state index contributed by atoms with van der Waals surface area (Å²) in [4.78, 5) is 16.4. The highest BCUT2D eigenvalue weighted by Gasteiger charge is 2.21. The molecule has 2 aromatic carbocycles. The Kier molecular flexibility index (Phi) is 5.78. The van der Waals surface area contributed by atoms with Crippen LogP contribution in [0, 0.1) is 5.82 Å². The Hall–Kier alpha value is -1.82. The minimum atomic E-state index is -0.504. The molecular formula is C18H18Cl2FN3O. The van der Waals surface area contributed by atoms with E-state index in [2.05, 4.69) is 10.2 Å². The summed E-state index contributed by atoms with van der Waals surface area (Å²) < 4.78 is 13.2. The molecule has 0 radical (unpaired) electrons. The number of halogens is 3. The number of carbonyl (C=O) groups excluding carboxylic acids is 1. The van der Waals surface area contributed by atoms with Crippen LogP contribution in [0.2, 0.25) is 10.0 Å². The molecule has 0 aliphatic carbocycles. The lowest BCUT2D eigenvalue weighted by Gasteiger charge is -2.34. The number of benzene rings is 2. The van der Waals surface area contributed by atoms with Crippen molar-refractivity contribution in [2.75, 3.05) is 31.5 Å². The van der Waals surface area contributed by atoms with Gasteiger partial charge in [-0.3, -0.25) is 4.90 Å². The third-order valence-electron chi connectivity index (χ3n) is 4.15. The number of nitrogens with zero attached hydrogens (tertiary/aromatic N) is 2. The van der Waals surface area contributed by atoms with E-state index in [0.717, 1.165) is 24.7 Å². The van der Waals surface area contributed by atoms with Gasteiger partial charge in [-0.2, -0.15) is 0 Å². The zero-order chi connectivity index (χ0) is 17.8. The Morgan fingerprint density at radius 3 is 2.36 bits per heavy atom. The zero-order valence-corrected chi connectivity index (χ0v) is 15.0. The van der Waals surface area contributed by atoms with Crippen molar-refractivity contribution >= 4 is 34.9 Å². The van der Waals surface area contributed by atoms with Gasteiger partial charge in [-0.05, 0) is 35.9 Å². The van der Waals surface area contributed by atoms with E-state index < -0.39 is 5.82 Å². The quantitative estimate of drug-likeness (QED) is 0.850. The minimum absolute atomic E-state index is 0.00872. The topological polar surface area (TPSA) is 35.6 Å². The van der Waals surface area contributed by atoms with Crippen molar-refractivity contribution in [3.63, 3.8) is 0 Å². The molecular weight excluding hydrogens is 364 g/mol. The summed E-state index contributed by atoms with van der Waals surface area (Å²) >= 11 is 11.6. The lowest BCUT2D eigenvalue weighted by atomic mass is 10.2. The predicted molar refractivity (Wildman–Crippen MR) is 98.7 cm³/mol. The Bertz CT molecular complexity index is 746. The van der Waals surface area contributed by atoms with Crippen molar-refractivity contribution in [1.82, 2.24) is 9.80 Å². The molecule has 132 valence electrons. The molecule has 0 atom stereocenters. The van der Waals surface area contributed by atoms with E-state index in [9.17, 15) is 9.18 Å². The van der Waals surface area contributed by atoms with Crippen LogP contribution >= 0.6 is 23.2 Å². The molecule has 25 heavy (non-hydrogen) atoms. The molecule has 1 aliphatic rings. The number of hydrogen-bond acceptors (Lipinski definition) is 2. The third-order valence-corrected chi connectivity index (χ3v) is 4.69. The molecule has 3 rings (SSSR count). The first-order chi connectivity index (χ1) is 12.0. The van der Waals surface area contributed by atoms with Crippen molar-refractivity contribution in [3.8, 4) is 0 Å². The monoisotopic (exact) mass is 381 g/mol. The largest absolute Gasteiger partial charge is 0.322 e. The Balaban J connectivity index is 1.50.